The zero-order valence-electron chi connectivity index (χ0n) is 17.2. The monoisotopic (exact) mass is 399 g/mol. The average Bonchev–Trinajstić information content (AvgIpc) is 3.23. The molecular weight excluding hydrogens is 374 g/mol. The van der Waals surface area contributed by atoms with Gasteiger partial charge in [-0.05, 0) is 48.5 Å². The molecule has 0 saturated carbocycles. The third-order valence-corrected chi connectivity index (χ3v) is 5.25. The minimum atomic E-state index is -0.152. The Morgan fingerprint density at radius 2 is 1.80 bits per heavy atom. The van der Waals surface area contributed by atoms with Gasteiger partial charge in [0.2, 0.25) is 0 Å². The zero-order chi connectivity index (χ0) is 20.9. The number of rotatable bonds is 7. The molecule has 0 aliphatic carbocycles. The lowest BCUT2D eigenvalue weighted by Crippen LogP contribution is -2.21. The van der Waals surface area contributed by atoms with Crippen LogP contribution in [0.1, 0.15) is 30.7 Å². The maximum absolute atomic E-state index is 11.9. The molecule has 0 radical (unpaired) electrons. The SMILES string of the molecule is CCN(CC)Cc1ccc(C=Cc2cc(-c3cc4c(=O)[nH]cnc4[nH]3)ccn2)cc1. The molecule has 6 heteroatoms. The molecule has 30 heavy (non-hydrogen) atoms. The maximum atomic E-state index is 11.9. The topological polar surface area (TPSA) is 77.7 Å². The van der Waals surface area contributed by atoms with Gasteiger partial charge in [-0.25, -0.2) is 4.98 Å². The van der Waals surface area contributed by atoms with E-state index in [2.05, 4.69) is 69.0 Å². The Hall–Kier alpha value is -3.51. The third kappa shape index (κ3) is 4.39. The molecule has 1 aromatic carbocycles. The summed E-state index contributed by atoms with van der Waals surface area (Å²) in [6.45, 7) is 7.46. The van der Waals surface area contributed by atoms with Crippen molar-refractivity contribution in [1.29, 1.82) is 0 Å². The van der Waals surface area contributed by atoms with Crippen LogP contribution in [0.2, 0.25) is 0 Å². The van der Waals surface area contributed by atoms with Crippen molar-refractivity contribution in [2.24, 2.45) is 0 Å². The van der Waals surface area contributed by atoms with Crippen LogP contribution in [-0.2, 0) is 6.54 Å². The summed E-state index contributed by atoms with van der Waals surface area (Å²) in [5, 5.41) is 0.547. The molecule has 0 saturated heterocycles. The number of hydrogen-bond acceptors (Lipinski definition) is 4. The highest BCUT2D eigenvalue weighted by molar-refractivity contribution is 5.82. The normalized spacial score (nSPS) is 11.7. The molecule has 0 unspecified atom stereocenters. The predicted molar refractivity (Wildman–Crippen MR) is 122 cm³/mol. The molecule has 0 amide bonds. The van der Waals surface area contributed by atoms with Gasteiger partial charge in [-0.1, -0.05) is 44.2 Å². The molecule has 0 fully saturated rings. The van der Waals surface area contributed by atoms with E-state index in [1.807, 2.05) is 24.3 Å². The largest absolute Gasteiger partial charge is 0.339 e. The summed E-state index contributed by atoms with van der Waals surface area (Å²) in [5.41, 5.74) is 5.52. The second-order valence-electron chi connectivity index (χ2n) is 7.18. The Morgan fingerprint density at radius 1 is 1.00 bits per heavy atom. The van der Waals surface area contributed by atoms with Gasteiger partial charge in [0.1, 0.15) is 5.65 Å². The number of benzene rings is 1. The van der Waals surface area contributed by atoms with E-state index in [1.165, 1.54) is 11.9 Å². The first kappa shape index (κ1) is 19.8. The molecule has 2 N–H and O–H groups in total. The Morgan fingerprint density at radius 3 is 2.53 bits per heavy atom. The molecule has 3 heterocycles. The van der Waals surface area contributed by atoms with Crippen LogP contribution >= 0.6 is 0 Å². The van der Waals surface area contributed by atoms with E-state index in [0.29, 0.717) is 11.0 Å². The van der Waals surface area contributed by atoms with E-state index < -0.39 is 0 Å². The molecule has 6 nitrogen and oxygen atoms in total. The number of hydrogen-bond donors (Lipinski definition) is 2. The van der Waals surface area contributed by atoms with Gasteiger partial charge in [0.25, 0.3) is 5.56 Å². The Bertz CT molecular complexity index is 1220. The molecule has 0 atom stereocenters. The minimum Gasteiger partial charge on any atom is -0.339 e. The van der Waals surface area contributed by atoms with Gasteiger partial charge < -0.3 is 9.97 Å². The Kier molecular flexibility index (Phi) is 5.86. The first-order chi connectivity index (χ1) is 14.7. The molecular formula is C24H25N5O. The van der Waals surface area contributed by atoms with Crippen LogP contribution in [0, 0.1) is 0 Å². The molecule has 0 bridgehead atoms. The maximum Gasteiger partial charge on any atom is 0.260 e. The molecule has 3 aromatic heterocycles. The summed E-state index contributed by atoms with van der Waals surface area (Å²) in [6, 6.07) is 14.3. The highest BCUT2D eigenvalue weighted by Gasteiger charge is 2.07. The average molecular weight is 399 g/mol. The number of aromatic nitrogens is 4. The lowest BCUT2D eigenvalue weighted by atomic mass is 10.1. The fraction of sp³-hybridized carbons (Fsp3) is 0.208. The predicted octanol–water partition coefficient (Wildman–Crippen LogP) is 4.33. The van der Waals surface area contributed by atoms with Gasteiger partial charge in [0.05, 0.1) is 17.4 Å². The summed E-state index contributed by atoms with van der Waals surface area (Å²) < 4.78 is 0. The minimum absolute atomic E-state index is 0.152. The second-order valence-corrected chi connectivity index (χ2v) is 7.18. The van der Waals surface area contributed by atoms with Crippen LogP contribution in [0.5, 0.6) is 0 Å². The number of nitrogens with zero attached hydrogens (tertiary/aromatic N) is 3. The van der Waals surface area contributed by atoms with Crippen LogP contribution in [0.3, 0.4) is 0 Å². The molecule has 4 aromatic rings. The van der Waals surface area contributed by atoms with Crippen molar-refractivity contribution < 1.29 is 0 Å². The van der Waals surface area contributed by atoms with Gasteiger partial charge in [-0.3, -0.25) is 14.7 Å². The summed E-state index contributed by atoms with van der Waals surface area (Å²) in [7, 11) is 0. The standard InChI is InChI=1S/C24H25N5O/c1-3-29(4-2)15-18-7-5-17(6-8-18)9-10-20-13-19(11-12-25-20)22-14-21-23(28-22)26-16-27-24(21)30/h5-14,16H,3-4,15H2,1-2H3,(H2,26,27,28,30). The summed E-state index contributed by atoms with van der Waals surface area (Å²) in [6.07, 6.45) is 7.23. The summed E-state index contributed by atoms with van der Waals surface area (Å²) in [5.74, 6) is 0. The van der Waals surface area contributed by atoms with Crippen LogP contribution in [-0.4, -0.2) is 37.9 Å². The van der Waals surface area contributed by atoms with Crippen molar-refractivity contribution in [1.82, 2.24) is 24.8 Å². The van der Waals surface area contributed by atoms with Crippen molar-refractivity contribution >= 4 is 23.2 Å². The number of H-pyrrole nitrogens is 2. The molecule has 0 spiro atoms. The van der Waals surface area contributed by atoms with Gasteiger partial charge in [-0.2, -0.15) is 0 Å². The summed E-state index contributed by atoms with van der Waals surface area (Å²) in [4.78, 5) is 28.7. The van der Waals surface area contributed by atoms with E-state index >= 15 is 0 Å². The molecule has 4 rings (SSSR count). The smallest absolute Gasteiger partial charge is 0.260 e. The molecule has 152 valence electrons. The van der Waals surface area contributed by atoms with Crippen molar-refractivity contribution in [2.75, 3.05) is 13.1 Å². The van der Waals surface area contributed by atoms with Crippen LogP contribution in [0.4, 0.5) is 0 Å². The van der Waals surface area contributed by atoms with Gasteiger partial charge in [-0.15, -0.1) is 0 Å². The summed E-state index contributed by atoms with van der Waals surface area (Å²) >= 11 is 0. The van der Waals surface area contributed by atoms with Gasteiger partial charge in [0, 0.05) is 24.0 Å². The van der Waals surface area contributed by atoms with Crippen molar-refractivity contribution in [3.8, 4) is 11.3 Å². The van der Waals surface area contributed by atoms with E-state index in [4.69, 9.17) is 0 Å². The number of nitrogens with one attached hydrogen (secondary N) is 2. The first-order valence-corrected chi connectivity index (χ1v) is 10.2. The third-order valence-electron chi connectivity index (χ3n) is 5.25. The van der Waals surface area contributed by atoms with Crippen LogP contribution < -0.4 is 5.56 Å². The fourth-order valence-corrected chi connectivity index (χ4v) is 3.44. The van der Waals surface area contributed by atoms with E-state index in [-0.39, 0.29) is 5.56 Å². The lowest BCUT2D eigenvalue weighted by Gasteiger charge is -2.17. The van der Waals surface area contributed by atoms with Crippen LogP contribution in [0.15, 0.2) is 59.8 Å². The Balaban J connectivity index is 1.52. The first-order valence-electron chi connectivity index (χ1n) is 10.2. The van der Waals surface area contributed by atoms with E-state index in [1.54, 1.807) is 6.20 Å². The second kappa shape index (κ2) is 8.88. The number of aromatic amines is 2. The fourth-order valence-electron chi connectivity index (χ4n) is 3.44. The molecule has 0 aliphatic heterocycles. The van der Waals surface area contributed by atoms with Crippen molar-refractivity contribution in [3.05, 3.63) is 82.2 Å². The zero-order valence-corrected chi connectivity index (χ0v) is 17.2. The van der Waals surface area contributed by atoms with Gasteiger partial charge >= 0.3 is 0 Å². The highest BCUT2D eigenvalue weighted by atomic mass is 16.1. The molecule has 0 aliphatic rings. The van der Waals surface area contributed by atoms with E-state index in [9.17, 15) is 4.79 Å². The van der Waals surface area contributed by atoms with Crippen LogP contribution in [0.25, 0.3) is 34.4 Å². The van der Waals surface area contributed by atoms with Crippen molar-refractivity contribution in [3.63, 3.8) is 0 Å². The van der Waals surface area contributed by atoms with E-state index in [0.717, 1.165) is 42.1 Å². The van der Waals surface area contributed by atoms with Crippen molar-refractivity contribution in [2.45, 2.75) is 20.4 Å². The van der Waals surface area contributed by atoms with Gasteiger partial charge in [0.15, 0.2) is 0 Å². The highest BCUT2D eigenvalue weighted by Crippen LogP contribution is 2.22. The number of pyridine rings is 1. The quantitative estimate of drug-likeness (QED) is 0.485. The Labute approximate surface area is 175 Å². The lowest BCUT2D eigenvalue weighted by molar-refractivity contribution is 0.296. The number of fused-ring (bicyclic) bond motifs is 1.